The van der Waals surface area contributed by atoms with Gasteiger partial charge in [0.25, 0.3) is 0 Å². The molecule has 1 aromatic rings. The van der Waals surface area contributed by atoms with Crippen LogP contribution in [0, 0.1) is 5.92 Å². The number of methoxy groups -OCH3 is 1. The predicted octanol–water partition coefficient (Wildman–Crippen LogP) is 2.40. The van der Waals surface area contributed by atoms with Gasteiger partial charge in [-0.25, -0.2) is 0 Å². The van der Waals surface area contributed by atoms with Crippen molar-refractivity contribution in [2.75, 3.05) is 7.11 Å². The third-order valence-electron chi connectivity index (χ3n) is 3.26. The number of benzene rings is 1. The fraction of sp³-hybridized carbons (Fsp3) is 0.533. The van der Waals surface area contributed by atoms with E-state index in [9.17, 15) is 4.79 Å². The van der Waals surface area contributed by atoms with E-state index < -0.39 is 0 Å². The van der Waals surface area contributed by atoms with Crippen LogP contribution in [0.1, 0.15) is 26.3 Å². The molecule has 0 aliphatic rings. The van der Waals surface area contributed by atoms with Gasteiger partial charge in [0.15, 0.2) is 0 Å². The van der Waals surface area contributed by atoms with Gasteiger partial charge < -0.3 is 10.1 Å². The molecule has 0 saturated heterocycles. The minimum absolute atomic E-state index is 0.108. The van der Waals surface area contributed by atoms with Crippen LogP contribution in [0.3, 0.4) is 0 Å². The topological polar surface area (TPSA) is 38.3 Å². The molecule has 3 atom stereocenters. The highest BCUT2D eigenvalue weighted by Gasteiger charge is 2.21. The second kappa shape index (κ2) is 7.17. The van der Waals surface area contributed by atoms with Gasteiger partial charge in [-0.3, -0.25) is 4.79 Å². The first-order valence-corrected chi connectivity index (χ1v) is 6.42. The van der Waals surface area contributed by atoms with Crippen LogP contribution in [0.25, 0.3) is 0 Å². The lowest BCUT2D eigenvalue weighted by atomic mass is 10.0. The standard InChI is InChI=1S/C15H23NO2/c1-11(10-14-8-6-5-7-9-14)16-13(3)12(2)15(17)18-4/h5-9,11-13,16H,10H2,1-4H3. The number of hydrogen-bond donors (Lipinski definition) is 1. The van der Waals surface area contributed by atoms with Crippen LogP contribution >= 0.6 is 0 Å². The highest BCUT2D eigenvalue weighted by molar-refractivity contribution is 5.72. The van der Waals surface area contributed by atoms with Crippen LogP contribution in [0.2, 0.25) is 0 Å². The molecule has 0 amide bonds. The van der Waals surface area contributed by atoms with E-state index in [4.69, 9.17) is 4.74 Å². The van der Waals surface area contributed by atoms with Crippen molar-refractivity contribution in [3.8, 4) is 0 Å². The van der Waals surface area contributed by atoms with Gasteiger partial charge in [-0.15, -0.1) is 0 Å². The predicted molar refractivity (Wildman–Crippen MR) is 73.4 cm³/mol. The average Bonchev–Trinajstić information content (AvgIpc) is 2.37. The van der Waals surface area contributed by atoms with E-state index in [1.165, 1.54) is 12.7 Å². The minimum atomic E-state index is -0.165. The van der Waals surface area contributed by atoms with Crippen molar-refractivity contribution in [1.82, 2.24) is 5.32 Å². The molecule has 3 unspecified atom stereocenters. The maximum Gasteiger partial charge on any atom is 0.309 e. The van der Waals surface area contributed by atoms with Crippen molar-refractivity contribution < 1.29 is 9.53 Å². The van der Waals surface area contributed by atoms with Crippen LogP contribution < -0.4 is 5.32 Å². The molecule has 100 valence electrons. The zero-order valence-corrected chi connectivity index (χ0v) is 11.6. The molecule has 0 saturated carbocycles. The Hall–Kier alpha value is -1.35. The summed E-state index contributed by atoms with van der Waals surface area (Å²) in [5.74, 6) is -0.296. The molecule has 0 spiro atoms. The van der Waals surface area contributed by atoms with Crippen molar-refractivity contribution >= 4 is 5.97 Å². The van der Waals surface area contributed by atoms with Crippen LogP contribution in [-0.4, -0.2) is 25.2 Å². The van der Waals surface area contributed by atoms with Gasteiger partial charge in [0.2, 0.25) is 0 Å². The van der Waals surface area contributed by atoms with Gasteiger partial charge in [0.05, 0.1) is 13.0 Å². The Morgan fingerprint density at radius 2 is 1.83 bits per heavy atom. The van der Waals surface area contributed by atoms with E-state index in [1.54, 1.807) is 0 Å². The fourth-order valence-corrected chi connectivity index (χ4v) is 2.01. The van der Waals surface area contributed by atoms with Gasteiger partial charge in [0, 0.05) is 12.1 Å². The smallest absolute Gasteiger partial charge is 0.309 e. The first kappa shape index (κ1) is 14.7. The van der Waals surface area contributed by atoms with Gasteiger partial charge in [-0.05, 0) is 25.8 Å². The number of ether oxygens (including phenoxy) is 1. The Kier molecular flexibility index (Phi) is 5.86. The van der Waals surface area contributed by atoms with E-state index >= 15 is 0 Å². The minimum Gasteiger partial charge on any atom is -0.469 e. The molecular formula is C15H23NO2. The summed E-state index contributed by atoms with van der Waals surface area (Å²) in [6, 6.07) is 10.8. The van der Waals surface area contributed by atoms with E-state index in [2.05, 4.69) is 24.4 Å². The highest BCUT2D eigenvalue weighted by Crippen LogP contribution is 2.08. The Bertz CT molecular complexity index is 364. The molecule has 0 heterocycles. The molecule has 0 radical (unpaired) electrons. The number of nitrogens with one attached hydrogen (secondary N) is 1. The zero-order valence-electron chi connectivity index (χ0n) is 11.6. The van der Waals surface area contributed by atoms with E-state index in [0.29, 0.717) is 6.04 Å². The maximum atomic E-state index is 11.4. The molecule has 0 aromatic heterocycles. The lowest BCUT2D eigenvalue weighted by molar-refractivity contribution is -0.145. The fourth-order valence-electron chi connectivity index (χ4n) is 2.01. The Balaban J connectivity index is 2.45. The van der Waals surface area contributed by atoms with E-state index in [0.717, 1.165) is 6.42 Å². The summed E-state index contributed by atoms with van der Waals surface area (Å²) in [7, 11) is 1.43. The summed E-state index contributed by atoms with van der Waals surface area (Å²) in [6.45, 7) is 6.04. The van der Waals surface area contributed by atoms with Crippen LogP contribution in [0.15, 0.2) is 30.3 Å². The molecule has 3 nitrogen and oxygen atoms in total. The molecule has 1 aromatic carbocycles. The summed E-state index contributed by atoms with van der Waals surface area (Å²) < 4.78 is 4.75. The van der Waals surface area contributed by atoms with E-state index in [-0.39, 0.29) is 17.9 Å². The molecule has 0 aliphatic heterocycles. The third-order valence-corrected chi connectivity index (χ3v) is 3.26. The second-order valence-electron chi connectivity index (χ2n) is 4.86. The summed E-state index contributed by atoms with van der Waals surface area (Å²) >= 11 is 0. The normalized spacial score (nSPS) is 15.8. The monoisotopic (exact) mass is 249 g/mol. The lowest BCUT2D eigenvalue weighted by Crippen LogP contribution is -2.42. The summed E-state index contributed by atoms with van der Waals surface area (Å²) in [5.41, 5.74) is 1.30. The van der Waals surface area contributed by atoms with Crippen molar-refractivity contribution in [3.63, 3.8) is 0 Å². The van der Waals surface area contributed by atoms with Crippen molar-refractivity contribution in [2.24, 2.45) is 5.92 Å². The SMILES string of the molecule is COC(=O)C(C)C(C)NC(C)Cc1ccccc1. The van der Waals surface area contributed by atoms with Crippen molar-refractivity contribution in [2.45, 2.75) is 39.3 Å². The molecule has 18 heavy (non-hydrogen) atoms. The van der Waals surface area contributed by atoms with Crippen LogP contribution in [0.5, 0.6) is 0 Å². The van der Waals surface area contributed by atoms with Gasteiger partial charge >= 0.3 is 5.97 Å². The highest BCUT2D eigenvalue weighted by atomic mass is 16.5. The summed E-state index contributed by atoms with van der Waals surface area (Å²) in [4.78, 5) is 11.4. The average molecular weight is 249 g/mol. The number of rotatable bonds is 6. The van der Waals surface area contributed by atoms with Gasteiger partial charge in [0.1, 0.15) is 0 Å². The van der Waals surface area contributed by atoms with Crippen molar-refractivity contribution in [1.29, 1.82) is 0 Å². The molecule has 1 rings (SSSR count). The number of carbonyl (C=O) groups excluding carboxylic acids is 1. The van der Waals surface area contributed by atoms with E-state index in [1.807, 2.05) is 32.0 Å². The summed E-state index contributed by atoms with van der Waals surface area (Å²) in [6.07, 6.45) is 0.957. The Morgan fingerprint density at radius 3 is 2.39 bits per heavy atom. The molecule has 0 bridgehead atoms. The zero-order chi connectivity index (χ0) is 13.5. The largest absolute Gasteiger partial charge is 0.469 e. The number of carbonyl (C=O) groups is 1. The molecule has 3 heteroatoms. The molecule has 0 aliphatic carbocycles. The summed E-state index contributed by atoms with van der Waals surface area (Å²) in [5, 5.41) is 3.44. The number of esters is 1. The quantitative estimate of drug-likeness (QED) is 0.787. The van der Waals surface area contributed by atoms with Gasteiger partial charge in [-0.1, -0.05) is 37.3 Å². The molecule has 0 fully saturated rings. The Morgan fingerprint density at radius 1 is 1.22 bits per heavy atom. The van der Waals surface area contributed by atoms with Crippen LogP contribution in [-0.2, 0) is 16.0 Å². The van der Waals surface area contributed by atoms with Crippen LogP contribution in [0.4, 0.5) is 0 Å². The third kappa shape index (κ3) is 4.49. The second-order valence-corrected chi connectivity index (χ2v) is 4.86. The molecular weight excluding hydrogens is 226 g/mol. The van der Waals surface area contributed by atoms with Crippen molar-refractivity contribution in [3.05, 3.63) is 35.9 Å². The molecule has 1 N–H and O–H groups in total. The first-order chi connectivity index (χ1) is 8.54. The maximum absolute atomic E-state index is 11.4. The van der Waals surface area contributed by atoms with Gasteiger partial charge in [-0.2, -0.15) is 0 Å². The Labute approximate surface area is 110 Å². The first-order valence-electron chi connectivity index (χ1n) is 6.42. The lowest BCUT2D eigenvalue weighted by Gasteiger charge is -2.23. The number of hydrogen-bond acceptors (Lipinski definition) is 3.